The summed E-state index contributed by atoms with van der Waals surface area (Å²) in [6, 6.07) is 2.84. The van der Waals surface area contributed by atoms with Crippen LogP contribution in [0.1, 0.15) is 65.4 Å². The number of carbonyl (C=O) groups is 3. The zero-order chi connectivity index (χ0) is 29.9. The quantitative estimate of drug-likeness (QED) is 0.278. The number of benzene rings is 1. The van der Waals surface area contributed by atoms with E-state index >= 15 is 0 Å². The van der Waals surface area contributed by atoms with Gasteiger partial charge in [-0.1, -0.05) is 39.8 Å². The van der Waals surface area contributed by atoms with Gasteiger partial charge in [-0.05, 0) is 54.6 Å². The molecule has 9 nitrogen and oxygen atoms in total. The molecule has 8 atom stereocenters. The van der Waals surface area contributed by atoms with E-state index in [0.717, 1.165) is 12.8 Å². The molecule has 0 unspecified atom stereocenters. The van der Waals surface area contributed by atoms with E-state index in [-0.39, 0.29) is 47.7 Å². The van der Waals surface area contributed by atoms with Crippen LogP contribution in [0.2, 0.25) is 0 Å². The second kappa shape index (κ2) is 10.5. The van der Waals surface area contributed by atoms with E-state index in [2.05, 4.69) is 18.8 Å². The molecule has 41 heavy (non-hydrogen) atoms. The first-order valence-electron chi connectivity index (χ1n) is 14.4. The number of ketones is 1. The van der Waals surface area contributed by atoms with Gasteiger partial charge in [0.1, 0.15) is 17.7 Å². The molecule has 0 aromatic heterocycles. The zero-order valence-electron chi connectivity index (χ0n) is 24.1. The average molecular weight is 571 g/mol. The van der Waals surface area contributed by atoms with Crippen LogP contribution < -0.4 is 10.8 Å². The van der Waals surface area contributed by atoms with Crippen LogP contribution in [0.3, 0.4) is 0 Å². The Bertz CT molecular complexity index is 1280. The minimum Gasteiger partial charge on any atom is -0.459 e. The van der Waals surface area contributed by atoms with Gasteiger partial charge in [0, 0.05) is 28.6 Å². The van der Waals surface area contributed by atoms with E-state index in [1.54, 1.807) is 6.08 Å². The Balaban J connectivity index is 1.34. The summed E-state index contributed by atoms with van der Waals surface area (Å²) in [4.78, 5) is 39.1. The molecule has 3 N–H and O–H groups in total. The van der Waals surface area contributed by atoms with Crippen LogP contribution in [-0.4, -0.2) is 53.9 Å². The number of hydrogen-bond donors (Lipinski definition) is 3. The van der Waals surface area contributed by atoms with Crippen molar-refractivity contribution in [2.45, 2.75) is 78.6 Å². The highest BCUT2D eigenvalue weighted by atomic mass is 19.1. The summed E-state index contributed by atoms with van der Waals surface area (Å²) in [5.74, 6) is -1.98. The number of nitrogens with one attached hydrogen (secondary N) is 1. The molecule has 0 spiro atoms. The Labute approximate surface area is 239 Å². The van der Waals surface area contributed by atoms with E-state index in [1.807, 2.05) is 20.8 Å². The predicted molar refractivity (Wildman–Crippen MR) is 148 cm³/mol. The van der Waals surface area contributed by atoms with Gasteiger partial charge in [-0.25, -0.2) is 14.0 Å². The average Bonchev–Trinajstić information content (AvgIpc) is 3.50. The summed E-state index contributed by atoms with van der Waals surface area (Å²) in [6.07, 6.45) is 2.13. The number of fused-ring (bicyclic) bond motifs is 1. The number of aliphatic hydroxyl groups is 1. The van der Waals surface area contributed by atoms with Crippen molar-refractivity contribution in [3.05, 3.63) is 36.2 Å². The molecule has 1 aliphatic heterocycles. The molecule has 0 saturated heterocycles. The number of carbonyl (C=O) groups excluding carboxylic acids is 3. The largest absolute Gasteiger partial charge is 0.494 e. The highest BCUT2D eigenvalue weighted by molar-refractivity contribution is 6.61. The first kappa shape index (κ1) is 29.7. The molecule has 4 aliphatic rings. The van der Waals surface area contributed by atoms with Gasteiger partial charge in [0.15, 0.2) is 6.61 Å². The number of esters is 1. The maximum atomic E-state index is 14.8. The van der Waals surface area contributed by atoms with Gasteiger partial charge in [-0.3, -0.25) is 10.1 Å². The van der Waals surface area contributed by atoms with Crippen molar-refractivity contribution in [3.63, 3.8) is 0 Å². The molecule has 3 fully saturated rings. The van der Waals surface area contributed by atoms with Gasteiger partial charge < -0.3 is 24.3 Å². The van der Waals surface area contributed by atoms with Crippen LogP contribution in [0.5, 0.6) is 0 Å². The van der Waals surface area contributed by atoms with Crippen LogP contribution in [0.15, 0.2) is 24.8 Å². The van der Waals surface area contributed by atoms with E-state index in [4.69, 9.17) is 14.1 Å². The van der Waals surface area contributed by atoms with E-state index in [0.29, 0.717) is 18.4 Å². The van der Waals surface area contributed by atoms with E-state index in [9.17, 15) is 28.9 Å². The van der Waals surface area contributed by atoms with Crippen molar-refractivity contribution in [1.82, 2.24) is 0 Å². The van der Waals surface area contributed by atoms with Crippen molar-refractivity contribution >= 4 is 36.1 Å². The summed E-state index contributed by atoms with van der Waals surface area (Å²) in [5, 5.41) is 23.7. The van der Waals surface area contributed by atoms with Crippen LogP contribution >= 0.6 is 0 Å². The molecule has 222 valence electrons. The number of rotatable bonds is 5. The Morgan fingerprint density at radius 3 is 2.73 bits per heavy atom. The number of halogens is 1. The third kappa shape index (κ3) is 4.60. The van der Waals surface area contributed by atoms with Crippen molar-refractivity contribution < 1.29 is 43.0 Å². The molecule has 1 aromatic rings. The lowest BCUT2D eigenvalue weighted by Gasteiger charge is -2.61. The Morgan fingerprint density at radius 2 is 2.02 bits per heavy atom. The molecule has 11 heteroatoms. The molecule has 0 radical (unpaired) electrons. The van der Waals surface area contributed by atoms with Gasteiger partial charge in [-0.15, -0.1) is 6.58 Å². The highest BCUT2D eigenvalue weighted by Gasteiger charge is 2.68. The van der Waals surface area contributed by atoms with Gasteiger partial charge in [0.25, 0.3) is 0 Å². The fourth-order valence-electron chi connectivity index (χ4n) is 8.34. The Morgan fingerprint density at radius 1 is 1.29 bits per heavy atom. The summed E-state index contributed by atoms with van der Waals surface area (Å²) >= 11 is 0. The number of Topliss-reactive ketones (excluding diaryl/α,β-unsaturated/α-hetero) is 1. The maximum absolute atomic E-state index is 14.8. The molecular weight excluding hydrogens is 532 g/mol. The number of anilines is 1. The van der Waals surface area contributed by atoms with Gasteiger partial charge in [-0.2, -0.15) is 0 Å². The molecule has 1 aromatic carbocycles. The van der Waals surface area contributed by atoms with Crippen molar-refractivity contribution in [1.29, 1.82) is 0 Å². The summed E-state index contributed by atoms with van der Waals surface area (Å²) in [6.45, 7) is 11.3. The van der Waals surface area contributed by atoms with E-state index in [1.165, 1.54) is 12.1 Å². The number of hydrogen-bond acceptors (Lipinski definition) is 8. The maximum Gasteiger partial charge on any atom is 0.494 e. The highest BCUT2D eigenvalue weighted by Crippen LogP contribution is 2.68. The zero-order valence-corrected chi connectivity index (χ0v) is 24.1. The van der Waals surface area contributed by atoms with Crippen LogP contribution in [0.4, 0.5) is 14.9 Å². The van der Waals surface area contributed by atoms with Crippen LogP contribution in [0.25, 0.3) is 0 Å². The Kier molecular flexibility index (Phi) is 7.62. The minimum atomic E-state index is -1.43. The first-order valence-corrected chi connectivity index (χ1v) is 14.4. The molecule has 1 heterocycles. The van der Waals surface area contributed by atoms with E-state index < -0.39 is 60.1 Å². The van der Waals surface area contributed by atoms with Crippen LogP contribution in [-0.2, 0) is 30.3 Å². The third-order valence-corrected chi connectivity index (χ3v) is 11.0. The normalized spacial score (nSPS) is 37.9. The minimum absolute atomic E-state index is 0.0527. The SMILES string of the molecule is C=C[C@]1(C)C[C@@H](OC(=O)COC(=O)Nc2ccc3c(c2F)B(O)OC3)[C@@]2(C)[C@@H]3C(=O)CC[C@@]3(CC[C@@H]2C)[C@@H](C)[C@@H]1O. The standard InChI is InChI=1S/C30H39BFNO8/c1-6-28(4)13-21(29(5)16(2)9-11-30(17(3)26(28)36)12-10-20(34)25(29)30)41-22(35)15-39-27(37)33-19-8-7-18-14-40-31(38)23(18)24(19)32/h6-8,16-17,21,25-26,36,38H,1,9-15H2,2-5H3,(H,33,37)/t16-,17-,21+,25-,26-,28+,29-,30-/m0/s1. The second-order valence-corrected chi connectivity index (χ2v) is 12.9. The smallest absolute Gasteiger partial charge is 0.459 e. The van der Waals surface area contributed by atoms with Crippen molar-refractivity contribution in [2.75, 3.05) is 11.9 Å². The lowest BCUT2D eigenvalue weighted by Crippen LogP contribution is -2.63. The lowest BCUT2D eigenvalue weighted by molar-refractivity contribution is -0.207. The number of ether oxygens (including phenoxy) is 2. The fraction of sp³-hybridized carbons (Fsp3) is 0.633. The third-order valence-electron chi connectivity index (χ3n) is 11.0. The van der Waals surface area contributed by atoms with Gasteiger partial charge in [0.2, 0.25) is 0 Å². The Hall–Kier alpha value is -2.76. The monoisotopic (exact) mass is 571 g/mol. The number of aliphatic hydroxyl groups excluding tert-OH is 1. The van der Waals surface area contributed by atoms with Gasteiger partial charge in [0.05, 0.1) is 18.4 Å². The fourth-order valence-corrected chi connectivity index (χ4v) is 8.34. The summed E-state index contributed by atoms with van der Waals surface area (Å²) < 4.78 is 30.9. The predicted octanol–water partition coefficient (Wildman–Crippen LogP) is 3.50. The van der Waals surface area contributed by atoms with Crippen molar-refractivity contribution in [2.24, 2.45) is 34.0 Å². The first-order chi connectivity index (χ1) is 19.3. The molecule has 2 bridgehead atoms. The van der Waals surface area contributed by atoms with Crippen LogP contribution in [0, 0.1) is 39.8 Å². The lowest BCUT2D eigenvalue weighted by atomic mass is 9.44. The second-order valence-electron chi connectivity index (χ2n) is 12.9. The topological polar surface area (TPSA) is 131 Å². The number of amides is 1. The molecule has 5 rings (SSSR count). The summed E-state index contributed by atoms with van der Waals surface area (Å²) in [7, 11) is -1.43. The molecule has 3 saturated carbocycles. The summed E-state index contributed by atoms with van der Waals surface area (Å²) in [5.41, 5.74) is -1.69. The molecular formula is C30H39BFNO8. The van der Waals surface area contributed by atoms with Crippen molar-refractivity contribution in [3.8, 4) is 0 Å². The van der Waals surface area contributed by atoms with Gasteiger partial charge >= 0.3 is 19.2 Å². The molecule has 1 amide bonds. The molecule has 3 aliphatic carbocycles.